The Balaban J connectivity index is 1.72. The lowest BCUT2D eigenvalue weighted by molar-refractivity contribution is 0.103. The van der Waals surface area contributed by atoms with Gasteiger partial charge in [0, 0.05) is 23.4 Å². The zero-order valence-corrected chi connectivity index (χ0v) is 23.1. The molecule has 2 aromatic carbocycles. The van der Waals surface area contributed by atoms with Crippen LogP contribution >= 0.6 is 11.6 Å². The van der Waals surface area contributed by atoms with Gasteiger partial charge in [-0.15, -0.1) is 0 Å². The van der Waals surface area contributed by atoms with Gasteiger partial charge in [0.15, 0.2) is 5.78 Å². The Morgan fingerprint density at radius 2 is 1.95 bits per heavy atom. The normalized spacial score (nSPS) is 13.5. The van der Waals surface area contributed by atoms with Gasteiger partial charge in [0.2, 0.25) is 0 Å². The van der Waals surface area contributed by atoms with Gasteiger partial charge in [-0.25, -0.2) is 0 Å². The number of Topliss-reactive ketones (excluding diaryl/α,β-unsaturated/α-hetero) is 1. The SMILES string of the molecule is C=CC#CCCC1=CCC(Cl)=C(c2cc(C(=O)C(=C)CCC(CC)c3ccc(C#N)cc3)ccc2C)C=C1. The monoisotopic (exact) mass is 519 g/mol. The van der Waals surface area contributed by atoms with Gasteiger partial charge in [-0.05, 0) is 90.6 Å². The second kappa shape index (κ2) is 14.2. The summed E-state index contributed by atoms with van der Waals surface area (Å²) in [5.74, 6) is 6.25. The molecule has 0 saturated heterocycles. The standard InChI is InChI=1S/C35H34ClNO/c1-5-7-8-9-10-27-15-21-32(34(36)22-16-27)33-23-31(18-11-25(33)3)35(38)26(4)12-17-29(6-2)30-19-13-28(24-37)14-20-30/h5,11,13-16,18-21,23,29H,1,4,6,9-10,12,17,22H2,2-3H3. The summed E-state index contributed by atoms with van der Waals surface area (Å²) in [6.07, 6.45) is 12.6. The van der Waals surface area contributed by atoms with Crippen LogP contribution in [0.3, 0.4) is 0 Å². The number of aryl methyl sites for hydroxylation is 1. The topological polar surface area (TPSA) is 40.9 Å². The van der Waals surface area contributed by atoms with E-state index < -0.39 is 0 Å². The zero-order valence-electron chi connectivity index (χ0n) is 22.3. The molecular formula is C35H34ClNO. The van der Waals surface area contributed by atoms with Crippen LogP contribution in [-0.2, 0) is 0 Å². The number of halogens is 1. The average Bonchev–Trinajstić information content (AvgIpc) is 3.12. The van der Waals surface area contributed by atoms with E-state index in [0.717, 1.165) is 47.4 Å². The van der Waals surface area contributed by atoms with Crippen molar-refractivity contribution in [2.24, 2.45) is 0 Å². The van der Waals surface area contributed by atoms with E-state index in [2.05, 4.69) is 56.2 Å². The molecule has 0 spiro atoms. The lowest BCUT2D eigenvalue weighted by Crippen LogP contribution is -2.06. The van der Waals surface area contributed by atoms with E-state index in [4.69, 9.17) is 16.9 Å². The number of carbonyl (C=O) groups is 1. The van der Waals surface area contributed by atoms with E-state index in [-0.39, 0.29) is 5.78 Å². The third kappa shape index (κ3) is 7.58. The molecule has 1 unspecified atom stereocenters. The van der Waals surface area contributed by atoms with Crippen molar-refractivity contribution in [2.45, 2.75) is 58.3 Å². The van der Waals surface area contributed by atoms with E-state index in [9.17, 15) is 4.79 Å². The first-order chi connectivity index (χ1) is 18.4. The fourth-order valence-electron chi connectivity index (χ4n) is 4.61. The van der Waals surface area contributed by atoms with Crippen molar-refractivity contribution in [3.8, 4) is 17.9 Å². The molecule has 1 atom stereocenters. The second-order valence-corrected chi connectivity index (χ2v) is 9.96. The number of allylic oxidation sites excluding steroid dienone is 8. The maximum Gasteiger partial charge on any atom is 0.188 e. The number of hydrogen-bond acceptors (Lipinski definition) is 2. The molecular weight excluding hydrogens is 486 g/mol. The van der Waals surface area contributed by atoms with Gasteiger partial charge in [0.1, 0.15) is 0 Å². The predicted octanol–water partition coefficient (Wildman–Crippen LogP) is 9.39. The highest BCUT2D eigenvalue weighted by Gasteiger charge is 2.17. The number of rotatable bonds is 10. The molecule has 38 heavy (non-hydrogen) atoms. The number of nitriles is 1. The Morgan fingerprint density at radius 3 is 2.63 bits per heavy atom. The van der Waals surface area contributed by atoms with Crippen LogP contribution in [0.1, 0.15) is 84.0 Å². The van der Waals surface area contributed by atoms with E-state index in [1.165, 1.54) is 11.1 Å². The van der Waals surface area contributed by atoms with Crippen molar-refractivity contribution < 1.29 is 4.79 Å². The molecule has 3 heteroatoms. The van der Waals surface area contributed by atoms with Crippen LogP contribution in [0.4, 0.5) is 0 Å². The van der Waals surface area contributed by atoms with Crippen LogP contribution in [0.5, 0.6) is 0 Å². The summed E-state index contributed by atoms with van der Waals surface area (Å²) >= 11 is 6.74. The quantitative estimate of drug-likeness (QED) is 0.178. The predicted molar refractivity (Wildman–Crippen MR) is 160 cm³/mol. The van der Waals surface area contributed by atoms with Gasteiger partial charge in [-0.1, -0.05) is 91.6 Å². The highest BCUT2D eigenvalue weighted by Crippen LogP contribution is 2.33. The largest absolute Gasteiger partial charge is 0.289 e. The summed E-state index contributed by atoms with van der Waals surface area (Å²) in [7, 11) is 0. The van der Waals surface area contributed by atoms with Crippen molar-refractivity contribution >= 4 is 23.0 Å². The van der Waals surface area contributed by atoms with Crippen molar-refractivity contribution in [1.82, 2.24) is 0 Å². The molecule has 0 aliphatic heterocycles. The Kier molecular flexibility index (Phi) is 10.7. The molecule has 2 aromatic rings. The molecule has 1 aliphatic rings. The van der Waals surface area contributed by atoms with Gasteiger partial charge in [-0.2, -0.15) is 5.26 Å². The van der Waals surface area contributed by atoms with Gasteiger partial charge >= 0.3 is 0 Å². The maximum absolute atomic E-state index is 13.4. The Hall–Kier alpha value is -3.85. The number of nitrogens with zero attached hydrogens (tertiary/aromatic N) is 1. The van der Waals surface area contributed by atoms with Crippen LogP contribution < -0.4 is 0 Å². The first-order valence-electron chi connectivity index (χ1n) is 13.1. The first kappa shape index (κ1) is 28.7. The Bertz CT molecular complexity index is 1400. The molecule has 192 valence electrons. The Morgan fingerprint density at radius 1 is 1.18 bits per heavy atom. The summed E-state index contributed by atoms with van der Waals surface area (Å²) < 4.78 is 0. The van der Waals surface area contributed by atoms with Gasteiger partial charge in [-0.3, -0.25) is 4.79 Å². The number of hydrogen-bond donors (Lipinski definition) is 0. The summed E-state index contributed by atoms with van der Waals surface area (Å²) in [4.78, 5) is 13.4. The Labute approximate surface area is 232 Å². The lowest BCUT2D eigenvalue weighted by Gasteiger charge is -2.16. The molecule has 0 bridgehead atoms. The molecule has 2 nitrogen and oxygen atoms in total. The average molecular weight is 520 g/mol. The maximum atomic E-state index is 13.4. The van der Waals surface area contributed by atoms with Crippen molar-refractivity contribution in [3.63, 3.8) is 0 Å². The molecule has 0 radical (unpaired) electrons. The van der Waals surface area contributed by atoms with E-state index >= 15 is 0 Å². The van der Waals surface area contributed by atoms with Gasteiger partial charge < -0.3 is 0 Å². The molecule has 0 amide bonds. The minimum Gasteiger partial charge on any atom is -0.289 e. The van der Waals surface area contributed by atoms with Gasteiger partial charge in [0.05, 0.1) is 11.6 Å². The molecule has 0 fully saturated rings. The fraction of sp³-hybridized carbons (Fsp3) is 0.257. The zero-order chi connectivity index (χ0) is 27.5. The molecule has 3 rings (SSSR count). The smallest absolute Gasteiger partial charge is 0.188 e. The molecule has 0 N–H and O–H groups in total. The summed E-state index contributed by atoms with van der Waals surface area (Å²) in [5, 5.41) is 9.81. The summed E-state index contributed by atoms with van der Waals surface area (Å²) in [6.45, 7) is 11.9. The fourth-order valence-corrected chi connectivity index (χ4v) is 4.85. The van der Waals surface area contributed by atoms with Crippen molar-refractivity contribution in [1.29, 1.82) is 5.26 Å². The minimum atomic E-state index is -0.0325. The van der Waals surface area contributed by atoms with Crippen molar-refractivity contribution in [2.75, 3.05) is 0 Å². The third-order valence-corrected chi connectivity index (χ3v) is 7.31. The van der Waals surface area contributed by atoms with Crippen LogP contribution in [0.15, 0.2) is 96.1 Å². The first-order valence-corrected chi connectivity index (χ1v) is 13.4. The lowest BCUT2D eigenvalue weighted by atomic mass is 9.88. The molecule has 1 aliphatic carbocycles. The number of benzene rings is 2. The molecule has 0 heterocycles. The highest BCUT2D eigenvalue weighted by atomic mass is 35.5. The van der Waals surface area contributed by atoms with E-state index in [1.807, 2.05) is 49.4 Å². The number of ketones is 1. The molecule has 0 saturated carbocycles. The van der Waals surface area contributed by atoms with Crippen LogP contribution in [0, 0.1) is 30.1 Å². The summed E-state index contributed by atoms with van der Waals surface area (Å²) in [6, 6.07) is 15.7. The van der Waals surface area contributed by atoms with Gasteiger partial charge in [0.25, 0.3) is 0 Å². The van der Waals surface area contributed by atoms with Crippen LogP contribution in [0.25, 0.3) is 5.57 Å². The number of carbonyl (C=O) groups excluding carboxylic acids is 1. The van der Waals surface area contributed by atoms with Crippen molar-refractivity contribution in [3.05, 3.63) is 124 Å². The highest BCUT2D eigenvalue weighted by molar-refractivity contribution is 6.33. The van der Waals surface area contributed by atoms with Crippen LogP contribution in [0.2, 0.25) is 0 Å². The minimum absolute atomic E-state index is 0.0325. The summed E-state index contributed by atoms with van der Waals surface area (Å²) in [5.41, 5.74) is 7.25. The van der Waals surface area contributed by atoms with E-state index in [1.54, 1.807) is 6.08 Å². The second-order valence-electron chi connectivity index (χ2n) is 9.50. The third-order valence-electron chi connectivity index (χ3n) is 6.95. The molecule has 0 aromatic heterocycles. The van der Waals surface area contributed by atoms with Crippen LogP contribution in [-0.4, -0.2) is 5.78 Å². The van der Waals surface area contributed by atoms with E-state index in [0.29, 0.717) is 35.5 Å².